The second kappa shape index (κ2) is 17.5. The smallest absolute Gasteiger partial charge is 0.251 e. The summed E-state index contributed by atoms with van der Waals surface area (Å²) in [6.07, 6.45) is 8.77. The monoisotopic (exact) mass is 650 g/mol. The molecule has 0 radical (unpaired) electrons. The summed E-state index contributed by atoms with van der Waals surface area (Å²) in [6, 6.07) is 22.8. The highest BCUT2D eigenvalue weighted by atomic mass is 16.5. The Labute approximate surface area is 285 Å². The summed E-state index contributed by atoms with van der Waals surface area (Å²) in [5.41, 5.74) is 7.10. The average molecular weight is 651 g/mol. The van der Waals surface area contributed by atoms with Crippen LogP contribution in [0.1, 0.15) is 64.0 Å². The van der Waals surface area contributed by atoms with Gasteiger partial charge in [0.1, 0.15) is 18.7 Å². The molecule has 0 saturated heterocycles. The van der Waals surface area contributed by atoms with E-state index in [1.54, 1.807) is 6.33 Å². The van der Waals surface area contributed by atoms with Crippen molar-refractivity contribution in [2.45, 2.75) is 66.0 Å². The molecule has 1 aliphatic rings. The number of benzene rings is 3. The maximum atomic E-state index is 13.6. The van der Waals surface area contributed by atoms with Gasteiger partial charge in [-0.3, -0.25) is 9.36 Å². The lowest BCUT2D eigenvalue weighted by Gasteiger charge is -2.25. The Morgan fingerprint density at radius 1 is 0.896 bits per heavy atom. The van der Waals surface area contributed by atoms with Crippen LogP contribution in [0.3, 0.4) is 0 Å². The van der Waals surface area contributed by atoms with Crippen molar-refractivity contribution in [1.29, 1.82) is 0 Å². The van der Waals surface area contributed by atoms with Crippen LogP contribution >= 0.6 is 0 Å². The van der Waals surface area contributed by atoms with Crippen LogP contribution in [0.25, 0.3) is 17.2 Å². The third kappa shape index (κ3) is 9.25. The zero-order valence-corrected chi connectivity index (χ0v) is 29.0. The average Bonchev–Trinajstić information content (AvgIpc) is 3.49. The normalized spacial score (nSPS) is 12.7. The molecule has 5 rings (SSSR count). The van der Waals surface area contributed by atoms with Crippen molar-refractivity contribution in [3.8, 4) is 16.9 Å². The summed E-state index contributed by atoms with van der Waals surface area (Å²) in [4.78, 5) is 18.1. The van der Waals surface area contributed by atoms with Gasteiger partial charge in [0.25, 0.3) is 5.91 Å². The Bertz CT molecular complexity index is 1630. The van der Waals surface area contributed by atoms with Crippen LogP contribution in [0.4, 0.5) is 17.3 Å². The first-order valence-corrected chi connectivity index (χ1v) is 17.4. The minimum absolute atomic E-state index is 0.0672. The molecule has 3 aromatic carbocycles. The molecule has 0 aliphatic carbocycles. The molecule has 2 heterocycles. The standard InChI is InChI=1S/C39H50N6O3/c1-5-8-23-47-24-25-48-36-16-11-31(12-17-36)32-13-18-37-34(26-32)27-33(19-22-44(37)20-6-2)38(46)41-35-14-9-30(10-15-35)28-43(4)39-42-40-29-45(39)21-7-3/h9-18,26-27,29H,5-8,19-25,28H2,1-4H3,(H,41,46). The van der Waals surface area contributed by atoms with Gasteiger partial charge in [-0.2, -0.15) is 0 Å². The van der Waals surface area contributed by atoms with E-state index in [9.17, 15) is 4.79 Å². The predicted molar refractivity (Wildman–Crippen MR) is 196 cm³/mol. The van der Waals surface area contributed by atoms with Crippen molar-refractivity contribution in [3.63, 3.8) is 0 Å². The molecule has 0 fully saturated rings. The fourth-order valence-corrected chi connectivity index (χ4v) is 5.96. The summed E-state index contributed by atoms with van der Waals surface area (Å²) in [6.45, 7) is 11.7. The van der Waals surface area contributed by atoms with E-state index >= 15 is 0 Å². The van der Waals surface area contributed by atoms with Gasteiger partial charge in [0, 0.05) is 56.8 Å². The molecule has 0 unspecified atom stereocenters. The molecule has 1 amide bonds. The zero-order valence-electron chi connectivity index (χ0n) is 29.0. The maximum Gasteiger partial charge on any atom is 0.251 e. The number of carbonyl (C=O) groups is 1. The number of unbranched alkanes of at least 4 members (excludes halogenated alkanes) is 1. The number of aromatic nitrogens is 3. The molecule has 0 atom stereocenters. The predicted octanol–water partition coefficient (Wildman–Crippen LogP) is 7.83. The molecule has 0 spiro atoms. The van der Waals surface area contributed by atoms with Gasteiger partial charge in [0.05, 0.1) is 6.61 Å². The maximum absolute atomic E-state index is 13.6. The SMILES string of the molecule is CCCCOCCOc1ccc(-c2ccc3c(c2)C=C(C(=O)Nc2ccc(CN(C)c4nncn4CCC)cc2)CCN3CCC)cc1. The lowest BCUT2D eigenvalue weighted by Crippen LogP contribution is -2.26. The minimum atomic E-state index is -0.0672. The number of hydrogen-bond donors (Lipinski definition) is 1. The van der Waals surface area contributed by atoms with E-state index in [-0.39, 0.29) is 5.91 Å². The second-order valence-electron chi connectivity index (χ2n) is 12.4. The Morgan fingerprint density at radius 2 is 1.67 bits per heavy atom. The van der Waals surface area contributed by atoms with Gasteiger partial charge >= 0.3 is 0 Å². The molecule has 48 heavy (non-hydrogen) atoms. The number of aryl methyl sites for hydroxylation is 1. The Balaban J connectivity index is 1.25. The van der Waals surface area contributed by atoms with E-state index in [2.05, 4.69) is 99.2 Å². The summed E-state index contributed by atoms with van der Waals surface area (Å²) < 4.78 is 13.5. The van der Waals surface area contributed by atoms with Crippen LogP contribution < -0.4 is 19.9 Å². The molecule has 0 saturated carbocycles. The Kier molecular flexibility index (Phi) is 12.7. The highest BCUT2D eigenvalue weighted by Crippen LogP contribution is 2.33. The zero-order chi connectivity index (χ0) is 33.7. The van der Waals surface area contributed by atoms with Gasteiger partial charge in [-0.15, -0.1) is 10.2 Å². The third-order valence-corrected chi connectivity index (χ3v) is 8.49. The van der Waals surface area contributed by atoms with Crippen molar-refractivity contribution in [1.82, 2.24) is 14.8 Å². The molecule has 9 nitrogen and oxygen atoms in total. The largest absolute Gasteiger partial charge is 0.491 e. The summed E-state index contributed by atoms with van der Waals surface area (Å²) in [7, 11) is 2.02. The van der Waals surface area contributed by atoms with Crippen LogP contribution in [-0.2, 0) is 22.6 Å². The van der Waals surface area contributed by atoms with E-state index in [1.165, 1.54) is 0 Å². The van der Waals surface area contributed by atoms with E-state index in [0.29, 0.717) is 26.2 Å². The highest BCUT2D eigenvalue weighted by molar-refractivity contribution is 6.07. The van der Waals surface area contributed by atoms with Crippen LogP contribution in [-0.4, -0.2) is 60.6 Å². The molecule has 1 N–H and O–H groups in total. The summed E-state index contributed by atoms with van der Waals surface area (Å²) in [5.74, 6) is 1.61. The number of carbonyl (C=O) groups excluding carboxylic acids is 1. The number of nitrogens with one attached hydrogen (secondary N) is 1. The van der Waals surface area contributed by atoms with E-state index in [0.717, 1.165) is 103 Å². The van der Waals surface area contributed by atoms with Gasteiger partial charge in [0.2, 0.25) is 5.95 Å². The van der Waals surface area contributed by atoms with Crippen molar-refractivity contribution < 1.29 is 14.3 Å². The van der Waals surface area contributed by atoms with E-state index in [4.69, 9.17) is 9.47 Å². The first-order chi connectivity index (χ1) is 23.5. The Morgan fingerprint density at radius 3 is 2.42 bits per heavy atom. The molecular formula is C39H50N6O3. The third-order valence-electron chi connectivity index (χ3n) is 8.49. The van der Waals surface area contributed by atoms with E-state index in [1.807, 2.05) is 31.3 Å². The molecule has 254 valence electrons. The van der Waals surface area contributed by atoms with Crippen molar-refractivity contribution in [2.75, 3.05) is 55.1 Å². The van der Waals surface area contributed by atoms with Gasteiger partial charge in [-0.25, -0.2) is 0 Å². The van der Waals surface area contributed by atoms with Crippen LogP contribution in [0.2, 0.25) is 0 Å². The molecular weight excluding hydrogens is 600 g/mol. The number of rotatable bonds is 17. The number of hydrogen-bond acceptors (Lipinski definition) is 7. The number of anilines is 3. The number of ether oxygens (including phenoxy) is 2. The fraction of sp³-hybridized carbons (Fsp3) is 0.410. The molecule has 0 bridgehead atoms. The van der Waals surface area contributed by atoms with Crippen molar-refractivity contribution in [2.24, 2.45) is 0 Å². The first kappa shape index (κ1) is 34.7. The summed E-state index contributed by atoms with van der Waals surface area (Å²) in [5, 5.41) is 11.5. The number of amides is 1. The Hall–Kier alpha value is -4.63. The molecule has 1 aliphatic heterocycles. The molecule has 9 heteroatoms. The lowest BCUT2D eigenvalue weighted by molar-refractivity contribution is -0.112. The van der Waals surface area contributed by atoms with Crippen molar-refractivity contribution in [3.05, 3.63) is 89.8 Å². The van der Waals surface area contributed by atoms with Crippen LogP contribution in [0.15, 0.2) is 78.6 Å². The van der Waals surface area contributed by atoms with Crippen LogP contribution in [0, 0.1) is 0 Å². The topological polar surface area (TPSA) is 84.8 Å². The first-order valence-electron chi connectivity index (χ1n) is 17.4. The van der Waals surface area contributed by atoms with Crippen molar-refractivity contribution >= 4 is 29.3 Å². The molecule has 4 aromatic rings. The second-order valence-corrected chi connectivity index (χ2v) is 12.4. The van der Waals surface area contributed by atoms with Crippen LogP contribution in [0.5, 0.6) is 5.75 Å². The van der Waals surface area contributed by atoms with Gasteiger partial charge in [-0.05, 0) is 90.4 Å². The quantitative estimate of drug-likeness (QED) is 0.117. The van der Waals surface area contributed by atoms with Gasteiger partial charge in [0.15, 0.2) is 0 Å². The van der Waals surface area contributed by atoms with Gasteiger partial charge in [-0.1, -0.05) is 57.5 Å². The van der Waals surface area contributed by atoms with Gasteiger partial charge < -0.3 is 24.6 Å². The van der Waals surface area contributed by atoms with E-state index < -0.39 is 0 Å². The minimum Gasteiger partial charge on any atom is -0.491 e. The number of nitrogens with zero attached hydrogens (tertiary/aromatic N) is 5. The molecule has 1 aromatic heterocycles. The highest BCUT2D eigenvalue weighted by Gasteiger charge is 2.20. The summed E-state index contributed by atoms with van der Waals surface area (Å²) >= 11 is 0. The number of fused-ring (bicyclic) bond motifs is 1. The lowest BCUT2D eigenvalue weighted by atomic mass is 10.00. The fourth-order valence-electron chi connectivity index (χ4n) is 5.96.